The molecule has 2 aromatic heterocycles. The number of nitrogens with zero attached hydrogens (tertiary/aromatic N) is 3. The van der Waals surface area contributed by atoms with Crippen LogP contribution in [0.3, 0.4) is 0 Å². The minimum atomic E-state index is -0.529. The topological polar surface area (TPSA) is 119 Å². The van der Waals surface area contributed by atoms with Crippen LogP contribution in [0.15, 0.2) is 18.5 Å². The van der Waals surface area contributed by atoms with Gasteiger partial charge in [-0.15, -0.1) is 0 Å². The van der Waals surface area contributed by atoms with Gasteiger partial charge in [0.1, 0.15) is 23.3 Å². The number of halogens is 1. The summed E-state index contributed by atoms with van der Waals surface area (Å²) in [5.41, 5.74) is 3.00. The SMILES string of the molecule is CCOC(=O)N1CC[C@@H](NC(=O)c2c(C)[nH]c3c(-c4cc(OC)c(F)cc4OCC4CC4)ncnc23)C1. The van der Waals surface area contributed by atoms with Gasteiger partial charge in [0.05, 0.1) is 31.4 Å². The number of carbonyl (C=O) groups excluding carboxylic acids is 2. The van der Waals surface area contributed by atoms with E-state index in [-0.39, 0.29) is 23.8 Å². The van der Waals surface area contributed by atoms with Crippen LogP contribution in [-0.4, -0.2) is 71.3 Å². The Bertz CT molecular complexity index is 1340. The third kappa shape index (κ3) is 5.03. The van der Waals surface area contributed by atoms with E-state index in [4.69, 9.17) is 14.2 Å². The Morgan fingerprint density at radius 3 is 2.76 bits per heavy atom. The second-order valence-corrected chi connectivity index (χ2v) is 9.41. The maximum Gasteiger partial charge on any atom is 0.409 e. The van der Waals surface area contributed by atoms with Gasteiger partial charge in [-0.1, -0.05) is 0 Å². The Labute approximate surface area is 213 Å². The lowest BCUT2D eigenvalue weighted by molar-refractivity contribution is 0.0931. The lowest BCUT2D eigenvalue weighted by Crippen LogP contribution is -2.38. The Balaban J connectivity index is 1.45. The normalized spacial score (nSPS) is 17.2. The lowest BCUT2D eigenvalue weighted by atomic mass is 10.1. The number of aromatic amines is 1. The van der Waals surface area contributed by atoms with Gasteiger partial charge in [0.25, 0.3) is 5.91 Å². The van der Waals surface area contributed by atoms with Crippen molar-refractivity contribution < 1.29 is 28.2 Å². The summed E-state index contributed by atoms with van der Waals surface area (Å²) in [6.45, 7) is 5.23. The zero-order valence-corrected chi connectivity index (χ0v) is 21.1. The molecule has 0 unspecified atom stereocenters. The van der Waals surface area contributed by atoms with Crippen LogP contribution in [0.25, 0.3) is 22.3 Å². The summed E-state index contributed by atoms with van der Waals surface area (Å²) in [4.78, 5) is 39.0. The predicted octanol–water partition coefficient (Wildman–Crippen LogP) is 3.83. The summed E-state index contributed by atoms with van der Waals surface area (Å²) in [6.07, 6.45) is 3.81. The molecule has 11 heteroatoms. The van der Waals surface area contributed by atoms with Crippen LogP contribution in [0.4, 0.5) is 9.18 Å². The summed E-state index contributed by atoms with van der Waals surface area (Å²) in [5, 5.41) is 3.01. The fourth-order valence-electron chi connectivity index (χ4n) is 4.61. The Kier molecular flexibility index (Phi) is 6.86. The van der Waals surface area contributed by atoms with Crippen LogP contribution in [-0.2, 0) is 4.74 Å². The highest BCUT2D eigenvalue weighted by Crippen LogP contribution is 2.39. The molecule has 1 aliphatic carbocycles. The number of carbonyl (C=O) groups is 2. The fourth-order valence-corrected chi connectivity index (χ4v) is 4.61. The predicted molar refractivity (Wildman–Crippen MR) is 133 cm³/mol. The van der Waals surface area contributed by atoms with E-state index < -0.39 is 5.82 Å². The third-order valence-electron chi connectivity index (χ3n) is 6.73. The van der Waals surface area contributed by atoms with Gasteiger partial charge in [0.2, 0.25) is 0 Å². The van der Waals surface area contributed by atoms with Gasteiger partial charge in [0.15, 0.2) is 11.6 Å². The van der Waals surface area contributed by atoms with E-state index in [9.17, 15) is 14.0 Å². The van der Waals surface area contributed by atoms with E-state index in [0.717, 1.165) is 12.8 Å². The Morgan fingerprint density at radius 1 is 1.22 bits per heavy atom. The van der Waals surface area contributed by atoms with Crippen molar-refractivity contribution in [3.63, 3.8) is 0 Å². The van der Waals surface area contributed by atoms with Crippen LogP contribution >= 0.6 is 0 Å². The molecule has 10 nitrogen and oxygen atoms in total. The molecule has 2 fully saturated rings. The summed E-state index contributed by atoms with van der Waals surface area (Å²) in [6, 6.07) is 2.66. The number of benzene rings is 1. The second kappa shape index (κ2) is 10.2. The van der Waals surface area contributed by atoms with Gasteiger partial charge < -0.3 is 29.4 Å². The maximum atomic E-state index is 14.6. The molecule has 3 heterocycles. The van der Waals surface area contributed by atoms with Crippen molar-refractivity contribution in [1.29, 1.82) is 0 Å². The molecule has 37 heavy (non-hydrogen) atoms. The van der Waals surface area contributed by atoms with Crippen LogP contribution in [0.5, 0.6) is 11.5 Å². The molecule has 5 rings (SSSR count). The minimum Gasteiger partial charge on any atom is -0.494 e. The highest BCUT2D eigenvalue weighted by atomic mass is 19.1. The standard InChI is InChI=1S/C26H30FN5O5/c1-4-36-26(34)32-8-7-16(11-32)31-25(33)21-14(2)30-24-22(28-13-29-23(21)24)17-9-20(35-3)18(27)10-19(17)37-12-15-5-6-15/h9-10,13,15-16,30H,4-8,11-12H2,1-3H3,(H,31,33)/t16-/m1/s1. The number of rotatable bonds is 8. The number of aromatic nitrogens is 3. The lowest BCUT2D eigenvalue weighted by Gasteiger charge is -2.16. The van der Waals surface area contributed by atoms with Gasteiger partial charge in [-0.05, 0) is 45.1 Å². The highest BCUT2D eigenvalue weighted by Gasteiger charge is 2.30. The van der Waals surface area contributed by atoms with Gasteiger partial charge in [-0.3, -0.25) is 4.79 Å². The van der Waals surface area contributed by atoms with Crippen molar-refractivity contribution in [2.75, 3.05) is 33.4 Å². The summed E-state index contributed by atoms with van der Waals surface area (Å²) < 4.78 is 30.8. The number of fused-ring (bicyclic) bond motifs is 1. The molecule has 0 bridgehead atoms. The quantitative estimate of drug-likeness (QED) is 0.472. The Hall–Kier alpha value is -3.89. The number of ether oxygens (including phenoxy) is 3. The van der Waals surface area contributed by atoms with Crippen LogP contribution < -0.4 is 14.8 Å². The van der Waals surface area contributed by atoms with E-state index in [1.165, 1.54) is 19.5 Å². The molecule has 1 aromatic carbocycles. The van der Waals surface area contributed by atoms with E-state index >= 15 is 0 Å². The summed E-state index contributed by atoms with van der Waals surface area (Å²) >= 11 is 0. The zero-order chi connectivity index (χ0) is 26.1. The van der Waals surface area contributed by atoms with Crippen molar-refractivity contribution in [3.8, 4) is 22.8 Å². The van der Waals surface area contributed by atoms with Crippen molar-refractivity contribution in [1.82, 2.24) is 25.2 Å². The van der Waals surface area contributed by atoms with E-state index in [2.05, 4.69) is 20.3 Å². The van der Waals surface area contributed by atoms with E-state index in [1.54, 1.807) is 24.8 Å². The van der Waals surface area contributed by atoms with Crippen LogP contribution in [0, 0.1) is 18.7 Å². The first-order chi connectivity index (χ1) is 17.9. The van der Waals surface area contributed by atoms with Gasteiger partial charge in [0, 0.05) is 36.5 Å². The molecule has 1 saturated heterocycles. The van der Waals surface area contributed by atoms with Gasteiger partial charge in [-0.2, -0.15) is 0 Å². The smallest absolute Gasteiger partial charge is 0.409 e. The average Bonchev–Trinajstić information content (AvgIpc) is 3.48. The Morgan fingerprint density at radius 2 is 2.03 bits per heavy atom. The van der Waals surface area contributed by atoms with Gasteiger partial charge >= 0.3 is 6.09 Å². The second-order valence-electron chi connectivity index (χ2n) is 9.41. The van der Waals surface area contributed by atoms with Crippen LogP contribution in [0.1, 0.15) is 42.2 Å². The molecule has 1 aliphatic heterocycles. The molecule has 1 atom stereocenters. The largest absolute Gasteiger partial charge is 0.494 e. The average molecular weight is 512 g/mol. The van der Waals surface area contributed by atoms with Crippen molar-refractivity contribution in [3.05, 3.63) is 35.5 Å². The van der Waals surface area contributed by atoms with Crippen molar-refractivity contribution in [2.24, 2.45) is 5.92 Å². The third-order valence-corrected chi connectivity index (χ3v) is 6.73. The number of amides is 2. The first-order valence-corrected chi connectivity index (χ1v) is 12.5. The number of methoxy groups -OCH3 is 1. The summed E-state index contributed by atoms with van der Waals surface area (Å²) in [7, 11) is 1.40. The number of hydrogen-bond acceptors (Lipinski definition) is 7. The first-order valence-electron chi connectivity index (χ1n) is 12.5. The molecular weight excluding hydrogens is 481 g/mol. The molecule has 0 radical (unpaired) electrons. The highest BCUT2D eigenvalue weighted by molar-refractivity contribution is 6.09. The van der Waals surface area contributed by atoms with Crippen LogP contribution in [0.2, 0.25) is 0 Å². The fraction of sp³-hybridized carbons (Fsp3) is 0.462. The number of likely N-dealkylation sites (tertiary alicyclic amines) is 1. The molecule has 2 aliphatic rings. The first kappa shape index (κ1) is 24.8. The van der Waals surface area contributed by atoms with Crippen molar-refractivity contribution >= 4 is 23.0 Å². The number of aryl methyl sites for hydroxylation is 1. The molecule has 196 valence electrons. The molecular formula is C26H30FN5O5. The molecule has 0 spiro atoms. The van der Waals surface area contributed by atoms with E-state index in [0.29, 0.717) is 77.9 Å². The minimum absolute atomic E-state index is 0.0640. The monoisotopic (exact) mass is 511 g/mol. The molecule has 1 saturated carbocycles. The molecule has 3 aromatic rings. The zero-order valence-electron chi connectivity index (χ0n) is 21.1. The number of nitrogens with one attached hydrogen (secondary N) is 2. The molecule has 2 N–H and O–H groups in total. The summed E-state index contributed by atoms with van der Waals surface area (Å²) in [5.74, 6) is 0.0638. The van der Waals surface area contributed by atoms with Crippen molar-refractivity contribution in [2.45, 2.75) is 39.2 Å². The maximum absolute atomic E-state index is 14.6. The van der Waals surface area contributed by atoms with Gasteiger partial charge in [-0.25, -0.2) is 19.2 Å². The number of hydrogen-bond donors (Lipinski definition) is 2. The number of H-pyrrole nitrogens is 1. The molecule has 2 amide bonds. The van der Waals surface area contributed by atoms with E-state index in [1.807, 2.05) is 0 Å².